The van der Waals surface area contributed by atoms with Crippen molar-refractivity contribution in [1.82, 2.24) is 8.97 Å². The van der Waals surface area contributed by atoms with Crippen molar-refractivity contribution in [2.45, 2.75) is 0 Å². The van der Waals surface area contributed by atoms with Gasteiger partial charge in [0.05, 0.1) is 0 Å². The van der Waals surface area contributed by atoms with Crippen LogP contribution in [0.2, 0.25) is 0 Å². The Bertz CT molecular complexity index is 537. The topological polar surface area (TPSA) is 0 Å². The van der Waals surface area contributed by atoms with E-state index < -0.39 is 0 Å². The molecule has 0 unspecified atom stereocenters. The summed E-state index contributed by atoms with van der Waals surface area (Å²) < 4.78 is 1.50. The van der Waals surface area contributed by atoms with Crippen LogP contribution in [0.4, 0.5) is 11.4 Å². The predicted octanol–water partition coefficient (Wildman–Crippen LogP) is -0.575. The molecule has 0 spiro atoms. The van der Waals surface area contributed by atoms with Gasteiger partial charge in [-0.15, -0.1) is 0 Å². The quantitative estimate of drug-likeness (QED) is 0.152. The van der Waals surface area contributed by atoms with E-state index in [0.29, 0.717) is 0 Å². The van der Waals surface area contributed by atoms with E-state index in [1.165, 1.54) is 11.4 Å². The van der Waals surface area contributed by atoms with Gasteiger partial charge in [0.25, 0.3) is 0 Å². The summed E-state index contributed by atoms with van der Waals surface area (Å²) in [6.45, 7) is 28.7. The number of hydrogen-bond donors (Lipinski definition) is 0. The lowest BCUT2D eigenvalue weighted by Gasteiger charge is -2.38. The monoisotopic (exact) mass is 604 g/mol. The van der Waals surface area contributed by atoms with Gasteiger partial charge in [0.2, 0.25) is 0 Å². The molecule has 0 aliphatic heterocycles. The van der Waals surface area contributed by atoms with Gasteiger partial charge in [-0.25, -0.2) is 0 Å². The Kier molecular flexibility index (Phi) is 15.6. The van der Waals surface area contributed by atoms with Gasteiger partial charge < -0.3 is 48.0 Å². The molecule has 0 amide bonds. The first-order valence-corrected chi connectivity index (χ1v) is 9.06. The highest BCUT2D eigenvalue weighted by Gasteiger charge is 2.30. The summed E-state index contributed by atoms with van der Waals surface area (Å²) in [7, 11) is 0. The molecule has 4 heteroatoms. The number of nitrogens with zero attached hydrogens (tertiary/aromatic N) is 2. The zero-order valence-corrected chi connectivity index (χ0v) is 21.2. The first-order valence-electron chi connectivity index (χ1n) is 9.06. The molecule has 0 aromatic heterocycles. The van der Waals surface area contributed by atoms with Crippen molar-refractivity contribution in [2.24, 2.45) is 0 Å². The maximum absolute atomic E-state index is 3.94. The summed E-state index contributed by atoms with van der Waals surface area (Å²) in [5, 5.41) is 0. The summed E-state index contributed by atoms with van der Waals surface area (Å²) in [4.78, 5) is 0. The first-order chi connectivity index (χ1) is 12.6. The summed E-state index contributed by atoms with van der Waals surface area (Å²) in [6.07, 6.45) is 11.8. The van der Waals surface area contributed by atoms with Crippen molar-refractivity contribution in [2.75, 3.05) is 39.3 Å². The van der Waals surface area contributed by atoms with E-state index in [4.69, 9.17) is 0 Å². The molecule has 1 aromatic carbocycles. The highest BCUT2D eigenvalue weighted by atomic mass is 127. The van der Waals surface area contributed by atoms with Crippen LogP contribution in [0.25, 0.3) is 0 Å². The van der Waals surface area contributed by atoms with Crippen LogP contribution >= 0.6 is 0 Å². The first kappa shape index (κ1) is 29.2. The Labute approximate surface area is 206 Å². The maximum Gasteiger partial charge on any atom is 0.134 e. The fraction of sp³-hybridized carbons (Fsp3) is 0.250. The van der Waals surface area contributed by atoms with E-state index in [-0.39, 0.29) is 48.0 Å². The molecule has 0 N–H and O–H groups in total. The lowest BCUT2D eigenvalue weighted by atomic mass is 10.1. The van der Waals surface area contributed by atoms with Crippen LogP contribution < -0.4 is 56.9 Å². The highest BCUT2D eigenvalue weighted by molar-refractivity contribution is 5.54. The third kappa shape index (κ3) is 7.13. The van der Waals surface area contributed by atoms with E-state index in [2.05, 4.69) is 63.7 Å². The van der Waals surface area contributed by atoms with E-state index in [1.807, 2.05) is 36.5 Å². The molecule has 28 heavy (non-hydrogen) atoms. The van der Waals surface area contributed by atoms with Crippen LogP contribution in [0.15, 0.2) is 100 Å². The summed E-state index contributed by atoms with van der Waals surface area (Å²) >= 11 is 0. The SMILES string of the molecule is C=CC[N+](CC=C)(CC=C)c1ccc([N+](CC=C)(CC=C)CC=C)cc1.[I-].[I-]. The lowest BCUT2D eigenvalue weighted by molar-refractivity contribution is -0.00100. The van der Waals surface area contributed by atoms with Crippen LogP contribution in [-0.4, -0.2) is 39.3 Å². The number of hydrogen-bond acceptors (Lipinski definition) is 0. The maximum atomic E-state index is 3.94. The third-order valence-corrected chi connectivity index (χ3v) is 4.82. The Balaban J connectivity index is 0. The fourth-order valence-electron chi connectivity index (χ4n) is 3.65. The minimum absolute atomic E-state index is 0. The molecule has 2 nitrogen and oxygen atoms in total. The Hall–Kier alpha value is -0.960. The van der Waals surface area contributed by atoms with Gasteiger partial charge in [-0.1, -0.05) is 39.5 Å². The molecule has 0 saturated carbocycles. The average molecular weight is 604 g/mol. The van der Waals surface area contributed by atoms with E-state index >= 15 is 0 Å². The van der Waals surface area contributed by atoms with Crippen molar-refractivity contribution >= 4 is 11.4 Å². The van der Waals surface area contributed by atoms with Crippen molar-refractivity contribution in [3.8, 4) is 0 Å². The Morgan fingerprint density at radius 2 is 0.643 bits per heavy atom. The Morgan fingerprint density at radius 3 is 0.786 bits per heavy atom. The van der Waals surface area contributed by atoms with Crippen molar-refractivity contribution < 1.29 is 48.0 Å². The zero-order chi connectivity index (χ0) is 19.5. The summed E-state index contributed by atoms with van der Waals surface area (Å²) in [5.41, 5.74) is 2.48. The normalized spacial score (nSPS) is 10.6. The van der Waals surface area contributed by atoms with Crippen LogP contribution in [0, 0.1) is 0 Å². The molecular formula is C24H34I2N2. The number of halogens is 2. The molecule has 154 valence electrons. The minimum Gasteiger partial charge on any atom is -1.00 e. The van der Waals surface area contributed by atoms with Crippen molar-refractivity contribution in [3.05, 3.63) is 100 Å². The molecule has 0 saturated heterocycles. The largest absolute Gasteiger partial charge is 1.00 e. The van der Waals surface area contributed by atoms with Crippen molar-refractivity contribution in [3.63, 3.8) is 0 Å². The van der Waals surface area contributed by atoms with Crippen molar-refractivity contribution in [1.29, 1.82) is 0 Å². The average Bonchev–Trinajstić information content (AvgIpc) is 2.63. The molecule has 0 heterocycles. The second kappa shape index (κ2) is 15.0. The van der Waals surface area contributed by atoms with Crippen LogP contribution in [0.5, 0.6) is 0 Å². The van der Waals surface area contributed by atoms with E-state index in [0.717, 1.165) is 48.2 Å². The molecule has 1 rings (SSSR count). The molecule has 0 bridgehead atoms. The second-order valence-electron chi connectivity index (χ2n) is 6.63. The van der Waals surface area contributed by atoms with Gasteiger partial charge in [0.15, 0.2) is 0 Å². The van der Waals surface area contributed by atoms with Gasteiger partial charge in [0, 0.05) is 24.3 Å². The smallest absolute Gasteiger partial charge is 0.134 e. The second-order valence-corrected chi connectivity index (χ2v) is 6.63. The molecule has 0 aliphatic carbocycles. The zero-order valence-electron chi connectivity index (χ0n) is 16.9. The van der Waals surface area contributed by atoms with E-state index in [9.17, 15) is 0 Å². The Morgan fingerprint density at radius 1 is 0.464 bits per heavy atom. The van der Waals surface area contributed by atoms with Gasteiger partial charge in [-0.3, -0.25) is 8.97 Å². The van der Waals surface area contributed by atoms with Crippen LogP contribution in [0.3, 0.4) is 0 Å². The standard InChI is InChI=1S/C24H34N2.2HI/c1-7-17-25(18-8-2,19-9-3)23-13-15-24(16-14-23)26(20-10-4,21-11-5)22-12-6;;/h7-16H,1-6,17-22H2;2*1H/q+2;;/p-2. The van der Waals surface area contributed by atoms with Gasteiger partial charge in [-0.2, -0.15) is 0 Å². The minimum atomic E-state index is 0. The van der Waals surface area contributed by atoms with Crippen LogP contribution in [-0.2, 0) is 0 Å². The third-order valence-electron chi connectivity index (χ3n) is 4.82. The molecule has 0 fully saturated rings. The highest BCUT2D eigenvalue weighted by Crippen LogP contribution is 2.30. The van der Waals surface area contributed by atoms with Crippen LogP contribution in [0.1, 0.15) is 0 Å². The number of rotatable bonds is 14. The fourth-order valence-corrected chi connectivity index (χ4v) is 3.65. The number of benzene rings is 1. The van der Waals surface area contributed by atoms with Gasteiger partial charge >= 0.3 is 0 Å². The molecule has 0 atom stereocenters. The summed E-state index contributed by atoms with van der Waals surface area (Å²) in [5.74, 6) is 0. The summed E-state index contributed by atoms with van der Waals surface area (Å²) in [6, 6.07) is 8.87. The van der Waals surface area contributed by atoms with E-state index in [1.54, 1.807) is 0 Å². The number of quaternary nitrogens is 2. The predicted molar refractivity (Wildman–Crippen MR) is 120 cm³/mol. The van der Waals surface area contributed by atoms with Gasteiger partial charge in [0.1, 0.15) is 50.6 Å². The molecule has 0 aliphatic rings. The molecule has 0 radical (unpaired) electrons. The lowest BCUT2D eigenvalue weighted by Crippen LogP contribution is -3.00. The van der Waals surface area contributed by atoms with Gasteiger partial charge in [-0.05, 0) is 36.5 Å². The molecular weight excluding hydrogens is 570 g/mol. The molecule has 1 aromatic rings.